The molecule has 0 aliphatic rings. The zero-order valence-electron chi connectivity index (χ0n) is 12.8. The number of benzene rings is 1. The van der Waals surface area contributed by atoms with E-state index < -0.39 is 17.2 Å². The van der Waals surface area contributed by atoms with Gasteiger partial charge in [0.05, 0.1) is 14.9 Å². The van der Waals surface area contributed by atoms with E-state index in [-0.39, 0.29) is 12.2 Å². The molecule has 3 aromatic rings. The molecule has 7 nitrogen and oxygen atoms in total. The second-order valence-electron chi connectivity index (χ2n) is 5.15. The minimum absolute atomic E-state index is 0.144. The maximum Gasteiger partial charge on any atom is 0.301 e. The highest BCUT2D eigenvalue weighted by Crippen LogP contribution is 2.22. The summed E-state index contributed by atoms with van der Waals surface area (Å²) in [5.41, 5.74) is 3.45. The summed E-state index contributed by atoms with van der Waals surface area (Å²) in [7, 11) is 0. The van der Waals surface area contributed by atoms with E-state index in [1.807, 2.05) is 0 Å². The van der Waals surface area contributed by atoms with Crippen LogP contribution in [0.3, 0.4) is 0 Å². The van der Waals surface area contributed by atoms with Gasteiger partial charge in [-0.05, 0) is 17.7 Å². The zero-order valence-corrected chi connectivity index (χ0v) is 15.1. The number of fused-ring (bicyclic) bond motifs is 1. The number of carbonyl (C=O) groups is 1. The fourth-order valence-corrected chi connectivity index (χ4v) is 3.35. The molecule has 130 valence electrons. The van der Waals surface area contributed by atoms with Gasteiger partial charge in [0.15, 0.2) is 10.7 Å². The van der Waals surface area contributed by atoms with Gasteiger partial charge in [-0.15, -0.1) is 0 Å². The van der Waals surface area contributed by atoms with E-state index in [0.29, 0.717) is 21.6 Å². The minimum atomic E-state index is -0.697. The standard InChI is InChI=1S/C15H12Cl2N4O3S/c16-9-2-1-7(3-10(9)17)5-19-13(23)11-12(22)14(24)21-6-8(4-18)25-15(21)20-11/h1-3,6,22H,4-5,18H2,(H,19,23)/p+1. The van der Waals surface area contributed by atoms with Crippen LogP contribution in [0.5, 0.6) is 5.75 Å². The Labute approximate surface area is 155 Å². The van der Waals surface area contributed by atoms with E-state index in [1.54, 1.807) is 24.4 Å². The highest BCUT2D eigenvalue weighted by Gasteiger charge is 2.20. The van der Waals surface area contributed by atoms with Gasteiger partial charge in [0.2, 0.25) is 5.75 Å². The third kappa shape index (κ3) is 3.47. The average molecular weight is 400 g/mol. The van der Waals surface area contributed by atoms with Crippen molar-refractivity contribution >= 4 is 45.4 Å². The van der Waals surface area contributed by atoms with Gasteiger partial charge in [-0.1, -0.05) is 40.6 Å². The number of carbonyl (C=O) groups excluding carboxylic acids is 1. The maximum atomic E-state index is 12.3. The van der Waals surface area contributed by atoms with Crippen LogP contribution in [0.4, 0.5) is 0 Å². The summed E-state index contributed by atoms with van der Waals surface area (Å²) in [6.07, 6.45) is 1.56. The molecule has 0 saturated carbocycles. The summed E-state index contributed by atoms with van der Waals surface area (Å²) in [5, 5.41) is 13.4. The monoisotopic (exact) mass is 399 g/mol. The molecule has 0 aliphatic carbocycles. The lowest BCUT2D eigenvalue weighted by molar-refractivity contribution is -0.385. The number of quaternary nitrogens is 1. The SMILES string of the molecule is [NH3+]Cc1cn2c(=O)c(O)c(C(=O)NCc3ccc(Cl)c(Cl)c3)nc2s1. The van der Waals surface area contributed by atoms with Gasteiger partial charge in [0.1, 0.15) is 6.54 Å². The molecule has 0 spiro atoms. The third-order valence-electron chi connectivity index (χ3n) is 3.45. The molecular formula is C15H13Cl2N4O3S+. The number of halogens is 2. The fraction of sp³-hybridized carbons (Fsp3) is 0.133. The smallest absolute Gasteiger partial charge is 0.301 e. The van der Waals surface area contributed by atoms with Crippen LogP contribution >= 0.6 is 34.5 Å². The summed E-state index contributed by atoms with van der Waals surface area (Å²) in [6.45, 7) is 0.623. The third-order valence-corrected chi connectivity index (χ3v) is 5.23. The number of aromatic nitrogens is 2. The summed E-state index contributed by atoms with van der Waals surface area (Å²) in [5.74, 6) is -1.36. The van der Waals surface area contributed by atoms with Crippen molar-refractivity contribution in [2.45, 2.75) is 13.1 Å². The van der Waals surface area contributed by atoms with Crippen LogP contribution < -0.4 is 16.6 Å². The van der Waals surface area contributed by atoms with E-state index in [2.05, 4.69) is 16.0 Å². The van der Waals surface area contributed by atoms with Crippen LogP contribution in [0.25, 0.3) is 4.96 Å². The molecule has 0 atom stereocenters. The van der Waals surface area contributed by atoms with E-state index in [1.165, 1.54) is 15.7 Å². The second kappa shape index (κ2) is 7.01. The zero-order chi connectivity index (χ0) is 18.1. The molecular weight excluding hydrogens is 387 g/mol. The van der Waals surface area contributed by atoms with Crippen molar-refractivity contribution in [2.75, 3.05) is 0 Å². The molecule has 1 amide bonds. The topological polar surface area (TPSA) is 111 Å². The minimum Gasteiger partial charge on any atom is -0.501 e. The molecule has 2 heterocycles. The van der Waals surface area contributed by atoms with Crippen LogP contribution in [0.1, 0.15) is 20.9 Å². The number of hydrogen-bond donors (Lipinski definition) is 3. The molecule has 25 heavy (non-hydrogen) atoms. The van der Waals surface area contributed by atoms with Crippen molar-refractivity contribution < 1.29 is 15.6 Å². The molecule has 0 bridgehead atoms. The molecule has 10 heteroatoms. The van der Waals surface area contributed by atoms with E-state index in [9.17, 15) is 14.7 Å². The summed E-state index contributed by atoms with van der Waals surface area (Å²) in [4.78, 5) is 29.7. The molecule has 0 radical (unpaired) electrons. The Bertz CT molecular complexity index is 1030. The molecule has 0 fully saturated rings. The lowest BCUT2D eigenvalue weighted by Gasteiger charge is -2.07. The Morgan fingerprint density at radius 2 is 2.12 bits per heavy atom. The molecule has 0 aliphatic heterocycles. The predicted octanol–water partition coefficient (Wildman–Crippen LogP) is 1.44. The first-order chi connectivity index (χ1) is 11.9. The fourth-order valence-electron chi connectivity index (χ4n) is 2.17. The Hall–Kier alpha value is -2.13. The molecule has 0 unspecified atom stereocenters. The van der Waals surface area contributed by atoms with Crippen molar-refractivity contribution in [3.8, 4) is 5.75 Å². The number of nitrogens with one attached hydrogen (secondary N) is 1. The van der Waals surface area contributed by atoms with Crippen molar-refractivity contribution in [1.29, 1.82) is 0 Å². The Morgan fingerprint density at radius 1 is 1.36 bits per heavy atom. The van der Waals surface area contributed by atoms with Gasteiger partial charge in [0.25, 0.3) is 5.91 Å². The maximum absolute atomic E-state index is 12.3. The summed E-state index contributed by atoms with van der Waals surface area (Å²) in [6, 6.07) is 4.94. The highest BCUT2D eigenvalue weighted by atomic mass is 35.5. The van der Waals surface area contributed by atoms with Crippen LogP contribution in [-0.4, -0.2) is 20.4 Å². The van der Waals surface area contributed by atoms with Crippen LogP contribution in [0.2, 0.25) is 10.0 Å². The van der Waals surface area contributed by atoms with Gasteiger partial charge in [-0.25, -0.2) is 4.98 Å². The van der Waals surface area contributed by atoms with Crippen LogP contribution in [0.15, 0.2) is 29.2 Å². The first-order valence-electron chi connectivity index (χ1n) is 7.16. The normalized spacial score (nSPS) is 11.0. The van der Waals surface area contributed by atoms with Gasteiger partial charge in [0, 0.05) is 12.7 Å². The molecule has 2 aromatic heterocycles. The summed E-state index contributed by atoms with van der Waals surface area (Å²) < 4.78 is 1.20. The molecule has 1 aromatic carbocycles. The van der Waals surface area contributed by atoms with Gasteiger partial charge < -0.3 is 16.2 Å². The highest BCUT2D eigenvalue weighted by molar-refractivity contribution is 7.17. The van der Waals surface area contributed by atoms with Gasteiger partial charge in [-0.3, -0.25) is 14.0 Å². The second-order valence-corrected chi connectivity index (χ2v) is 7.05. The number of amides is 1. The van der Waals surface area contributed by atoms with E-state index >= 15 is 0 Å². The van der Waals surface area contributed by atoms with Crippen molar-refractivity contribution in [2.24, 2.45) is 0 Å². The Morgan fingerprint density at radius 3 is 2.80 bits per heavy atom. The average Bonchev–Trinajstić information content (AvgIpc) is 3.02. The number of thiazole rings is 1. The number of aromatic hydroxyl groups is 1. The number of hydrogen-bond acceptors (Lipinski definition) is 5. The van der Waals surface area contributed by atoms with Crippen LogP contribution in [-0.2, 0) is 13.1 Å². The molecule has 5 N–H and O–H groups in total. The first-order valence-corrected chi connectivity index (χ1v) is 8.73. The van der Waals surface area contributed by atoms with E-state index in [4.69, 9.17) is 23.2 Å². The van der Waals surface area contributed by atoms with Gasteiger partial charge in [-0.2, -0.15) is 0 Å². The van der Waals surface area contributed by atoms with E-state index in [0.717, 1.165) is 10.4 Å². The quantitative estimate of drug-likeness (QED) is 0.615. The number of nitrogens with zero attached hydrogens (tertiary/aromatic N) is 2. The van der Waals surface area contributed by atoms with Crippen molar-refractivity contribution in [1.82, 2.24) is 14.7 Å². The molecule has 3 rings (SSSR count). The summed E-state index contributed by atoms with van der Waals surface area (Å²) >= 11 is 13.0. The molecule has 0 saturated heterocycles. The lowest BCUT2D eigenvalue weighted by Crippen LogP contribution is -2.47. The predicted molar refractivity (Wildman–Crippen MR) is 95.2 cm³/mol. The number of rotatable bonds is 4. The van der Waals surface area contributed by atoms with Crippen molar-refractivity contribution in [3.05, 3.63) is 60.9 Å². The lowest BCUT2D eigenvalue weighted by atomic mass is 10.2. The van der Waals surface area contributed by atoms with Gasteiger partial charge >= 0.3 is 5.56 Å². The first kappa shape index (κ1) is 17.7. The largest absolute Gasteiger partial charge is 0.501 e. The Kier molecular flexibility index (Phi) is 4.96. The van der Waals surface area contributed by atoms with Crippen molar-refractivity contribution in [3.63, 3.8) is 0 Å². The Balaban J connectivity index is 1.87. The van der Waals surface area contributed by atoms with Crippen LogP contribution in [0, 0.1) is 0 Å².